The molecule has 0 aliphatic heterocycles. The fourth-order valence-electron chi connectivity index (χ4n) is 2.69. The number of hydrazone groups is 1. The molecule has 158 valence electrons. The molecule has 2 N–H and O–H groups in total. The summed E-state index contributed by atoms with van der Waals surface area (Å²) in [7, 11) is 0. The average molecular weight is 436 g/mol. The molecule has 3 aromatic rings. The van der Waals surface area contributed by atoms with E-state index in [1.807, 2.05) is 32.0 Å². The van der Waals surface area contributed by atoms with E-state index in [2.05, 4.69) is 15.8 Å². The van der Waals surface area contributed by atoms with E-state index in [9.17, 15) is 9.59 Å². The predicted octanol–water partition coefficient (Wildman–Crippen LogP) is 4.74. The molecule has 0 bridgehead atoms. The summed E-state index contributed by atoms with van der Waals surface area (Å²) in [4.78, 5) is 24.1. The zero-order valence-corrected chi connectivity index (χ0v) is 17.9. The number of carbonyl (C=O) groups is 2. The summed E-state index contributed by atoms with van der Waals surface area (Å²) in [6.45, 7) is 3.81. The van der Waals surface area contributed by atoms with E-state index in [1.165, 1.54) is 6.21 Å². The number of anilines is 1. The number of benzene rings is 3. The molecule has 7 heteroatoms. The molecule has 0 atom stereocenters. The minimum absolute atomic E-state index is 0.0992. The van der Waals surface area contributed by atoms with Crippen LogP contribution in [0.4, 0.5) is 5.69 Å². The average Bonchev–Trinajstić information content (AvgIpc) is 2.76. The molecule has 0 fully saturated rings. The van der Waals surface area contributed by atoms with Crippen molar-refractivity contribution in [2.24, 2.45) is 5.10 Å². The topological polar surface area (TPSA) is 79.8 Å². The van der Waals surface area contributed by atoms with Crippen molar-refractivity contribution >= 4 is 35.3 Å². The van der Waals surface area contributed by atoms with Crippen LogP contribution in [-0.4, -0.2) is 24.6 Å². The van der Waals surface area contributed by atoms with Gasteiger partial charge in [0.25, 0.3) is 11.8 Å². The number of amides is 2. The number of nitrogens with one attached hydrogen (secondary N) is 2. The zero-order chi connectivity index (χ0) is 22.2. The van der Waals surface area contributed by atoms with E-state index in [0.29, 0.717) is 16.3 Å². The lowest BCUT2D eigenvalue weighted by Gasteiger charge is -2.10. The maximum Gasteiger partial charge on any atom is 0.271 e. The third kappa shape index (κ3) is 6.69. The molecular weight excluding hydrogens is 414 g/mol. The molecule has 0 unspecified atom stereocenters. The summed E-state index contributed by atoms with van der Waals surface area (Å²) in [6, 6.07) is 19.4. The number of hydrogen-bond acceptors (Lipinski definition) is 4. The third-order valence-corrected chi connectivity index (χ3v) is 4.66. The molecule has 31 heavy (non-hydrogen) atoms. The van der Waals surface area contributed by atoms with Crippen LogP contribution in [0.5, 0.6) is 5.75 Å². The van der Waals surface area contributed by atoms with Crippen molar-refractivity contribution in [2.75, 3.05) is 11.9 Å². The van der Waals surface area contributed by atoms with Gasteiger partial charge in [-0.1, -0.05) is 23.7 Å². The lowest BCUT2D eigenvalue weighted by Crippen LogP contribution is -2.20. The van der Waals surface area contributed by atoms with E-state index >= 15 is 0 Å². The number of ether oxygens (including phenoxy) is 1. The Kier molecular flexibility index (Phi) is 7.40. The predicted molar refractivity (Wildman–Crippen MR) is 123 cm³/mol. The SMILES string of the molecule is Cc1ccc(C)c(NC(=O)COc2ccc(/C=N/NC(=O)c3ccc(Cl)cc3)cc2)c1. The van der Waals surface area contributed by atoms with Crippen LogP contribution in [0.2, 0.25) is 5.02 Å². The molecule has 0 saturated carbocycles. The summed E-state index contributed by atoms with van der Waals surface area (Å²) >= 11 is 5.81. The Morgan fingerprint density at radius 3 is 2.42 bits per heavy atom. The molecule has 6 nitrogen and oxygen atoms in total. The van der Waals surface area contributed by atoms with Crippen molar-refractivity contribution in [1.82, 2.24) is 5.43 Å². The second-order valence-electron chi connectivity index (χ2n) is 6.93. The first kappa shape index (κ1) is 22.1. The Hall–Kier alpha value is -3.64. The number of hydrogen-bond donors (Lipinski definition) is 2. The van der Waals surface area contributed by atoms with Gasteiger partial charge in [0.2, 0.25) is 0 Å². The molecule has 0 aliphatic rings. The van der Waals surface area contributed by atoms with Gasteiger partial charge < -0.3 is 10.1 Å². The van der Waals surface area contributed by atoms with Crippen LogP contribution >= 0.6 is 11.6 Å². The number of aryl methyl sites for hydroxylation is 2. The van der Waals surface area contributed by atoms with Crippen molar-refractivity contribution in [3.63, 3.8) is 0 Å². The fourth-order valence-corrected chi connectivity index (χ4v) is 2.81. The Labute approximate surface area is 185 Å². The van der Waals surface area contributed by atoms with Crippen molar-refractivity contribution < 1.29 is 14.3 Å². The van der Waals surface area contributed by atoms with Crippen molar-refractivity contribution in [3.8, 4) is 5.75 Å². The highest BCUT2D eigenvalue weighted by Gasteiger charge is 2.07. The van der Waals surface area contributed by atoms with Gasteiger partial charge in [-0.25, -0.2) is 5.43 Å². The van der Waals surface area contributed by atoms with Gasteiger partial charge >= 0.3 is 0 Å². The lowest BCUT2D eigenvalue weighted by atomic mass is 10.1. The molecule has 2 amide bonds. The van der Waals surface area contributed by atoms with Gasteiger partial charge in [-0.15, -0.1) is 0 Å². The summed E-state index contributed by atoms with van der Waals surface area (Å²) in [5, 5.41) is 7.36. The van der Waals surface area contributed by atoms with E-state index in [4.69, 9.17) is 16.3 Å². The van der Waals surface area contributed by atoms with Crippen LogP contribution < -0.4 is 15.5 Å². The highest BCUT2D eigenvalue weighted by Crippen LogP contribution is 2.17. The van der Waals surface area contributed by atoms with Crippen molar-refractivity contribution in [2.45, 2.75) is 13.8 Å². The van der Waals surface area contributed by atoms with E-state index in [-0.39, 0.29) is 18.4 Å². The monoisotopic (exact) mass is 435 g/mol. The molecule has 0 aliphatic carbocycles. The zero-order valence-electron chi connectivity index (χ0n) is 17.2. The third-order valence-electron chi connectivity index (χ3n) is 4.40. The molecular formula is C24H22ClN3O3. The molecule has 0 spiro atoms. The minimum atomic E-state index is -0.331. The minimum Gasteiger partial charge on any atom is -0.484 e. The van der Waals surface area contributed by atoms with Crippen LogP contribution in [-0.2, 0) is 4.79 Å². The van der Waals surface area contributed by atoms with Gasteiger partial charge in [-0.05, 0) is 85.1 Å². The largest absolute Gasteiger partial charge is 0.484 e. The van der Waals surface area contributed by atoms with Gasteiger partial charge in [0.1, 0.15) is 5.75 Å². The Balaban J connectivity index is 1.47. The molecule has 0 radical (unpaired) electrons. The quantitative estimate of drug-likeness (QED) is 0.415. The second-order valence-corrected chi connectivity index (χ2v) is 7.37. The van der Waals surface area contributed by atoms with Crippen molar-refractivity contribution in [1.29, 1.82) is 0 Å². The second kappa shape index (κ2) is 10.4. The summed E-state index contributed by atoms with van der Waals surface area (Å²) < 4.78 is 5.54. The van der Waals surface area contributed by atoms with E-state index in [1.54, 1.807) is 48.5 Å². The van der Waals surface area contributed by atoms with Gasteiger partial charge in [0, 0.05) is 16.3 Å². The maximum atomic E-state index is 12.2. The van der Waals surface area contributed by atoms with Crippen molar-refractivity contribution in [3.05, 3.63) is 94.0 Å². The normalized spacial score (nSPS) is 10.7. The van der Waals surface area contributed by atoms with Gasteiger partial charge in [0.05, 0.1) is 6.21 Å². The number of nitrogens with zero attached hydrogens (tertiary/aromatic N) is 1. The summed E-state index contributed by atoms with van der Waals surface area (Å²) in [6.07, 6.45) is 1.52. The van der Waals surface area contributed by atoms with Gasteiger partial charge in [0.15, 0.2) is 6.61 Å². The highest BCUT2D eigenvalue weighted by molar-refractivity contribution is 6.30. The van der Waals surface area contributed by atoms with Crippen LogP contribution in [0.15, 0.2) is 71.8 Å². The first-order valence-electron chi connectivity index (χ1n) is 9.59. The molecule has 3 aromatic carbocycles. The first-order valence-corrected chi connectivity index (χ1v) is 9.97. The highest BCUT2D eigenvalue weighted by atomic mass is 35.5. The Morgan fingerprint density at radius 2 is 1.71 bits per heavy atom. The Morgan fingerprint density at radius 1 is 1.00 bits per heavy atom. The number of carbonyl (C=O) groups excluding carboxylic acids is 2. The van der Waals surface area contributed by atoms with Gasteiger partial charge in [-0.3, -0.25) is 9.59 Å². The molecule has 0 saturated heterocycles. The Bertz CT molecular complexity index is 1090. The fraction of sp³-hybridized carbons (Fsp3) is 0.125. The molecule has 0 heterocycles. The van der Waals surface area contributed by atoms with Crippen LogP contribution in [0.1, 0.15) is 27.0 Å². The van der Waals surface area contributed by atoms with Crippen LogP contribution in [0.3, 0.4) is 0 Å². The first-order chi connectivity index (χ1) is 14.9. The molecule has 0 aromatic heterocycles. The summed E-state index contributed by atoms with van der Waals surface area (Å²) in [5.41, 5.74) is 6.53. The van der Waals surface area contributed by atoms with Gasteiger partial charge in [-0.2, -0.15) is 5.10 Å². The smallest absolute Gasteiger partial charge is 0.271 e. The van der Waals surface area contributed by atoms with Crippen LogP contribution in [0, 0.1) is 13.8 Å². The van der Waals surface area contributed by atoms with E-state index in [0.717, 1.165) is 22.4 Å². The van der Waals surface area contributed by atoms with E-state index < -0.39 is 0 Å². The lowest BCUT2D eigenvalue weighted by molar-refractivity contribution is -0.118. The molecule has 3 rings (SSSR count). The maximum absolute atomic E-state index is 12.2. The summed E-state index contributed by atoms with van der Waals surface area (Å²) in [5.74, 6) is -0.00885. The number of halogens is 1. The number of rotatable bonds is 7. The standard InChI is InChI=1S/C24H22ClN3O3/c1-16-3-4-17(2)22(13-16)27-23(29)15-31-21-11-5-18(6-12-21)14-26-28-24(30)19-7-9-20(25)10-8-19/h3-14H,15H2,1-2H3,(H,27,29)(H,28,30)/b26-14+. The van der Waals surface area contributed by atoms with Crippen LogP contribution in [0.25, 0.3) is 0 Å².